The van der Waals surface area contributed by atoms with Gasteiger partial charge >= 0.3 is 0 Å². The molecule has 5 aromatic carbocycles. The zero-order chi connectivity index (χ0) is 27.6. The first kappa shape index (κ1) is 28.1. The highest BCUT2D eigenvalue weighted by Gasteiger charge is 2.16. The van der Waals surface area contributed by atoms with Crippen molar-refractivity contribution in [2.75, 3.05) is 49.3 Å². The molecule has 0 bridgehead atoms. The molecule has 0 heterocycles. The first-order valence-electron chi connectivity index (χ1n) is 14.0. The van der Waals surface area contributed by atoms with Crippen molar-refractivity contribution in [2.24, 2.45) is 0 Å². The number of rotatable bonds is 12. The van der Waals surface area contributed by atoms with Crippen LogP contribution < -0.4 is 31.0 Å². The molecule has 0 radical (unpaired) electrons. The predicted molar refractivity (Wildman–Crippen MR) is 181 cm³/mol. The fourth-order valence-electron chi connectivity index (χ4n) is 4.97. The number of hydrogen-bond acceptors (Lipinski definition) is 2. The van der Waals surface area contributed by atoms with Crippen LogP contribution in [0.15, 0.2) is 146 Å². The van der Waals surface area contributed by atoms with Crippen LogP contribution in [0.25, 0.3) is 0 Å². The Kier molecular flexibility index (Phi) is 10.0. The molecule has 40 heavy (non-hydrogen) atoms. The molecule has 0 atom stereocenters. The van der Waals surface area contributed by atoms with E-state index in [2.05, 4.69) is 169 Å². The summed E-state index contributed by atoms with van der Waals surface area (Å²) in [4.78, 5) is 4.80. The minimum absolute atomic E-state index is 0.388. The van der Waals surface area contributed by atoms with Gasteiger partial charge in [-0.3, -0.25) is 0 Å². The zero-order valence-electron chi connectivity index (χ0n) is 23.5. The molecule has 0 aliphatic heterocycles. The summed E-state index contributed by atoms with van der Waals surface area (Å²) in [6.07, 6.45) is 2.26. The van der Waals surface area contributed by atoms with Crippen molar-refractivity contribution in [2.45, 2.75) is 0 Å². The molecule has 0 spiro atoms. The van der Waals surface area contributed by atoms with Crippen LogP contribution in [-0.2, 0) is 0 Å². The Bertz CT molecular complexity index is 1220. The van der Waals surface area contributed by atoms with Crippen LogP contribution in [0, 0.1) is 0 Å². The van der Waals surface area contributed by atoms with E-state index >= 15 is 0 Å². The van der Waals surface area contributed by atoms with Crippen molar-refractivity contribution in [3.05, 3.63) is 146 Å². The van der Waals surface area contributed by atoms with Gasteiger partial charge in [0, 0.05) is 38.6 Å². The highest BCUT2D eigenvalue weighted by Crippen LogP contribution is 2.35. The van der Waals surface area contributed by atoms with Crippen molar-refractivity contribution >= 4 is 48.4 Å². The van der Waals surface area contributed by atoms with Crippen LogP contribution in [0.2, 0.25) is 0 Å². The predicted octanol–water partition coefficient (Wildman–Crippen LogP) is 6.82. The summed E-state index contributed by atoms with van der Waals surface area (Å²) in [7, 11) is 3.66. The molecule has 0 N–H and O–H groups in total. The summed E-state index contributed by atoms with van der Waals surface area (Å²) in [6.45, 7) is 2.03. The second kappa shape index (κ2) is 14.3. The Morgan fingerprint density at radius 1 is 0.375 bits per heavy atom. The van der Waals surface area contributed by atoms with E-state index < -0.39 is 0 Å². The average Bonchev–Trinajstić information content (AvgIpc) is 3.03. The maximum absolute atomic E-state index is 2.40. The summed E-state index contributed by atoms with van der Waals surface area (Å²) in [5.74, 6) is 0. The third kappa shape index (κ3) is 7.39. The van der Waals surface area contributed by atoms with Gasteiger partial charge in [0.05, 0.1) is 0 Å². The van der Waals surface area contributed by atoms with Gasteiger partial charge in [-0.05, 0) is 73.7 Å². The summed E-state index contributed by atoms with van der Waals surface area (Å²) in [6, 6.07) is 53.1. The van der Waals surface area contributed by atoms with E-state index in [-0.39, 0.29) is 15.8 Å². The van der Waals surface area contributed by atoms with E-state index in [1.54, 1.807) is 0 Å². The molecule has 5 aromatic rings. The van der Waals surface area contributed by atoms with Gasteiger partial charge in [-0.1, -0.05) is 121 Å². The molecular formula is C36H38N2P2. The maximum atomic E-state index is 2.40. The molecule has 0 fully saturated rings. The SMILES string of the molecule is CN(CCP(c1ccccc1)c1ccccc1)c1ccc(N(C)CCP(c2ccccc2)c2ccccc2)cc1. The Balaban J connectivity index is 1.21. The zero-order valence-corrected chi connectivity index (χ0v) is 25.3. The average molecular weight is 561 g/mol. The number of anilines is 2. The van der Waals surface area contributed by atoms with Gasteiger partial charge in [-0.25, -0.2) is 0 Å². The lowest BCUT2D eigenvalue weighted by atomic mass is 10.2. The van der Waals surface area contributed by atoms with Crippen LogP contribution in [0.5, 0.6) is 0 Å². The van der Waals surface area contributed by atoms with Crippen molar-refractivity contribution in [3.63, 3.8) is 0 Å². The second-order valence-corrected chi connectivity index (χ2v) is 14.7. The van der Waals surface area contributed by atoms with Gasteiger partial charge in [0.25, 0.3) is 0 Å². The summed E-state index contributed by atoms with van der Waals surface area (Å²) >= 11 is 0. The summed E-state index contributed by atoms with van der Waals surface area (Å²) in [5.41, 5.74) is 2.54. The van der Waals surface area contributed by atoms with Crippen LogP contribution in [-0.4, -0.2) is 39.5 Å². The number of hydrogen-bond donors (Lipinski definition) is 0. The quantitative estimate of drug-likeness (QED) is 0.155. The van der Waals surface area contributed by atoms with Crippen LogP contribution in [0.1, 0.15) is 0 Å². The normalized spacial score (nSPS) is 11.1. The van der Waals surface area contributed by atoms with Gasteiger partial charge in [-0.15, -0.1) is 0 Å². The largest absolute Gasteiger partial charge is 0.374 e. The fraction of sp³-hybridized carbons (Fsp3) is 0.167. The first-order valence-corrected chi connectivity index (χ1v) is 17.0. The Morgan fingerprint density at radius 3 is 0.875 bits per heavy atom. The summed E-state index contributed by atoms with van der Waals surface area (Å²) in [5, 5.41) is 5.78. The smallest absolute Gasteiger partial charge is 0.0365 e. The minimum atomic E-state index is -0.388. The monoisotopic (exact) mass is 560 g/mol. The van der Waals surface area contributed by atoms with Crippen LogP contribution in [0.4, 0.5) is 11.4 Å². The molecule has 5 rings (SSSR count). The lowest BCUT2D eigenvalue weighted by molar-refractivity contribution is 0.962. The molecular weight excluding hydrogens is 522 g/mol. The molecule has 202 valence electrons. The van der Waals surface area contributed by atoms with Crippen LogP contribution in [0.3, 0.4) is 0 Å². The van der Waals surface area contributed by atoms with E-state index in [9.17, 15) is 0 Å². The number of benzene rings is 5. The first-order chi connectivity index (χ1) is 19.7. The van der Waals surface area contributed by atoms with Gasteiger partial charge in [0.15, 0.2) is 0 Å². The maximum Gasteiger partial charge on any atom is 0.0365 e. The molecule has 0 amide bonds. The molecule has 0 unspecified atom stereocenters. The standard InChI is InChI=1S/C36H38N2P2/c1-37(27-29-39(33-15-7-3-8-16-33)34-17-9-4-10-18-34)31-23-25-32(26-24-31)38(2)28-30-40(35-19-11-5-12-20-35)36-21-13-6-14-22-36/h3-26H,27-30H2,1-2H3. The van der Waals surface area contributed by atoms with Crippen molar-refractivity contribution in [3.8, 4) is 0 Å². The number of nitrogens with zero attached hydrogens (tertiary/aromatic N) is 2. The topological polar surface area (TPSA) is 6.48 Å². The Labute approximate surface area is 242 Å². The summed E-state index contributed by atoms with van der Waals surface area (Å²) < 4.78 is 0. The van der Waals surface area contributed by atoms with E-state index in [1.165, 1.54) is 32.6 Å². The van der Waals surface area contributed by atoms with Crippen molar-refractivity contribution in [1.82, 2.24) is 0 Å². The lowest BCUT2D eigenvalue weighted by Gasteiger charge is -2.26. The third-order valence-electron chi connectivity index (χ3n) is 7.32. The molecule has 0 saturated carbocycles. The van der Waals surface area contributed by atoms with Crippen LogP contribution >= 0.6 is 15.8 Å². The van der Waals surface area contributed by atoms with Gasteiger partial charge in [-0.2, -0.15) is 0 Å². The van der Waals surface area contributed by atoms with E-state index in [4.69, 9.17) is 0 Å². The van der Waals surface area contributed by atoms with Crippen molar-refractivity contribution in [1.29, 1.82) is 0 Å². The Morgan fingerprint density at radius 2 is 0.625 bits per heavy atom. The minimum Gasteiger partial charge on any atom is -0.374 e. The van der Waals surface area contributed by atoms with Gasteiger partial charge < -0.3 is 9.80 Å². The molecule has 0 saturated heterocycles. The molecule has 4 heteroatoms. The Hall–Kier alpha value is -3.44. The van der Waals surface area contributed by atoms with Gasteiger partial charge in [0.1, 0.15) is 0 Å². The fourth-order valence-corrected chi connectivity index (χ4v) is 9.72. The van der Waals surface area contributed by atoms with E-state index in [0.29, 0.717) is 0 Å². The van der Waals surface area contributed by atoms with E-state index in [0.717, 1.165) is 25.4 Å². The molecule has 0 aromatic heterocycles. The molecule has 0 aliphatic carbocycles. The second-order valence-electron chi connectivity index (χ2n) is 10.0. The van der Waals surface area contributed by atoms with E-state index in [1.807, 2.05) is 0 Å². The molecule has 2 nitrogen and oxygen atoms in total. The third-order valence-corrected chi connectivity index (χ3v) is 12.3. The van der Waals surface area contributed by atoms with Gasteiger partial charge in [0.2, 0.25) is 0 Å². The lowest BCUT2D eigenvalue weighted by Crippen LogP contribution is -2.26. The highest BCUT2D eigenvalue weighted by atomic mass is 31.1. The highest BCUT2D eigenvalue weighted by molar-refractivity contribution is 7.73. The molecule has 0 aliphatic rings. The van der Waals surface area contributed by atoms with Crippen molar-refractivity contribution < 1.29 is 0 Å².